The van der Waals surface area contributed by atoms with Gasteiger partial charge in [-0.25, -0.2) is 13.2 Å². The maximum Gasteiger partial charge on any atom is 0.407 e. The molecule has 3 N–H and O–H groups in total. The first-order valence-corrected chi connectivity index (χ1v) is 20.6. The van der Waals surface area contributed by atoms with Crippen molar-refractivity contribution in [1.29, 1.82) is 0 Å². The molecule has 1 saturated heterocycles. The van der Waals surface area contributed by atoms with Gasteiger partial charge in [0.05, 0.1) is 18.4 Å². The molecule has 4 fully saturated rings. The van der Waals surface area contributed by atoms with E-state index in [1.54, 1.807) is 0 Å². The summed E-state index contributed by atoms with van der Waals surface area (Å²) in [7, 11) is -3.87. The minimum absolute atomic E-state index is 0.0866. The van der Waals surface area contributed by atoms with Crippen LogP contribution >= 0.6 is 0 Å². The van der Waals surface area contributed by atoms with Gasteiger partial charge in [-0.1, -0.05) is 68.5 Å². The summed E-state index contributed by atoms with van der Waals surface area (Å²) in [5.41, 5.74) is -0.431. The van der Waals surface area contributed by atoms with E-state index < -0.39 is 68.7 Å². The van der Waals surface area contributed by atoms with Crippen LogP contribution in [-0.4, -0.2) is 79.3 Å². The standard InChI is InChI=1S/C39H50N4O8S/c1-2-27-23-39(27,37(46)42-52(48,49)29-18-19-29)41-35(44)32-22-28-24-43(32)36(45)34(26-13-6-5-7-14-26)40-38(47)50-21-11-4-3-8-16-31-30-15-10-9-12-25(30)17-20-33(31)51-28/h2,9-10,12,15,17,20,26-29,32,34H,1,3-8,11,13-14,16,18-19,21-24H2,(H,40,47)(H,41,44)(H,42,46)/t27?,28-,32+,34+,39-/m1/s1. The van der Waals surface area contributed by atoms with E-state index in [1.165, 1.54) is 11.0 Å². The van der Waals surface area contributed by atoms with Crippen LogP contribution in [0.25, 0.3) is 10.8 Å². The number of benzene rings is 2. The van der Waals surface area contributed by atoms with Crippen LogP contribution in [0, 0.1) is 11.8 Å². The van der Waals surface area contributed by atoms with Crippen molar-refractivity contribution >= 4 is 44.6 Å². The van der Waals surface area contributed by atoms with Gasteiger partial charge < -0.3 is 25.0 Å². The molecule has 4 amide bonds. The van der Waals surface area contributed by atoms with Gasteiger partial charge in [0.2, 0.25) is 21.8 Å². The second-order valence-electron chi connectivity index (χ2n) is 15.2. The number of alkyl carbamates (subject to hydrolysis) is 1. The molecule has 0 spiro atoms. The van der Waals surface area contributed by atoms with Crippen LogP contribution in [-0.2, 0) is 35.6 Å². The van der Waals surface area contributed by atoms with E-state index in [0.29, 0.717) is 25.0 Å². The molecule has 5 atom stereocenters. The largest absolute Gasteiger partial charge is 0.488 e. The Morgan fingerprint density at radius 1 is 0.962 bits per heavy atom. The molecule has 2 aliphatic heterocycles. The SMILES string of the molecule is C=CC1C[C@]1(NC(=O)[C@@H]1C[C@@H]2CN1C(=O)[C@H](C1CCCCC1)NC(=O)OCCCCCCc1c(ccc3ccccc13)O2)C(=O)NS(=O)(=O)C1CC1. The first kappa shape index (κ1) is 36.2. The predicted octanol–water partition coefficient (Wildman–Crippen LogP) is 4.65. The highest BCUT2D eigenvalue weighted by Crippen LogP contribution is 2.46. The van der Waals surface area contributed by atoms with E-state index >= 15 is 0 Å². The average molecular weight is 735 g/mol. The fraction of sp³-hybridized carbons (Fsp3) is 0.590. The van der Waals surface area contributed by atoms with Crippen molar-refractivity contribution in [2.45, 2.75) is 119 Å². The molecule has 2 aromatic carbocycles. The number of carbonyl (C=O) groups excluding carboxylic acids is 4. The summed E-state index contributed by atoms with van der Waals surface area (Å²) in [6, 6.07) is 10.2. The van der Waals surface area contributed by atoms with Crippen molar-refractivity contribution in [3.8, 4) is 5.75 Å². The van der Waals surface area contributed by atoms with Crippen molar-refractivity contribution in [1.82, 2.24) is 20.3 Å². The third-order valence-corrected chi connectivity index (χ3v) is 13.4. The number of nitrogens with one attached hydrogen (secondary N) is 3. The summed E-state index contributed by atoms with van der Waals surface area (Å²) >= 11 is 0. The maximum atomic E-state index is 14.7. The number of carbonyl (C=O) groups is 4. The van der Waals surface area contributed by atoms with E-state index in [4.69, 9.17) is 9.47 Å². The minimum Gasteiger partial charge on any atom is -0.488 e. The number of hydrogen-bond acceptors (Lipinski definition) is 8. The van der Waals surface area contributed by atoms with Gasteiger partial charge in [-0.2, -0.15) is 0 Å². The van der Waals surface area contributed by atoms with E-state index in [-0.39, 0.29) is 31.9 Å². The Morgan fingerprint density at radius 2 is 1.71 bits per heavy atom. The van der Waals surface area contributed by atoms with Crippen LogP contribution in [0.15, 0.2) is 49.1 Å². The zero-order valence-corrected chi connectivity index (χ0v) is 30.5. The Morgan fingerprint density at radius 3 is 2.46 bits per heavy atom. The number of rotatable bonds is 7. The van der Waals surface area contributed by atoms with Crippen LogP contribution in [0.1, 0.15) is 89.0 Å². The van der Waals surface area contributed by atoms with E-state index in [0.717, 1.165) is 74.1 Å². The molecule has 2 heterocycles. The highest BCUT2D eigenvalue weighted by Gasteiger charge is 2.62. The molecule has 2 bridgehead atoms. The molecule has 0 aromatic heterocycles. The fourth-order valence-corrected chi connectivity index (χ4v) is 9.74. The molecule has 13 heteroatoms. The third-order valence-electron chi connectivity index (χ3n) is 11.6. The van der Waals surface area contributed by atoms with Gasteiger partial charge in [0.25, 0.3) is 5.91 Å². The molecule has 3 aliphatic carbocycles. The molecule has 1 unspecified atom stereocenters. The molecule has 2 aromatic rings. The van der Waals surface area contributed by atoms with Crippen LogP contribution in [0.3, 0.4) is 0 Å². The Hall–Kier alpha value is -4.13. The number of amides is 4. The molecular formula is C39H50N4O8S. The third kappa shape index (κ3) is 7.65. The van der Waals surface area contributed by atoms with E-state index in [2.05, 4.69) is 34.1 Å². The summed E-state index contributed by atoms with van der Waals surface area (Å²) in [6.45, 7) is 4.13. The number of ether oxygens (including phenoxy) is 2. The highest BCUT2D eigenvalue weighted by atomic mass is 32.2. The van der Waals surface area contributed by atoms with Crippen molar-refractivity contribution in [2.24, 2.45) is 11.8 Å². The lowest BCUT2D eigenvalue weighted by Gasteiger charge is -2.34. The van der Waals surface area contributed by atoms with E-state index in [1.807, 2.05) is 24.3 Å². The number of hydrogen-bond donors (Lipinski definition) is 3. The number of nitrogens with zero attached hydrogens (tertiary/aromatic N) is 1. The fourth-order valence-electron chi connectivity index (χ4n) is 8.38. The molecule has 3 saturated carbocycles. The second-order valence-corrected chi connectivity index (χ2v) is 17.2. The van der Waals surface area contributed by atoms with Gasteiger partial charge in [-0.15, -0.1) is 6.58 Å². The van der Waals surface area contributed by atoms with E-state index in [9.17, 15) is 27.6 Å². The average Bonchev–Trinajstić information content (AvgIpc) is 4.07. The Balaban J connectivity index is 1.21. The van der Waals surface area contributed by atoms with Gasteiger partial charge in [-0.3, -0.25) is 19.1 Å². The van der Waals surface area contributed by atoms with Gasteiger partial charge in [0.15, 0.2) is 0 Å². The zero-order valence-electron chi connectivity index (χ0n) is 29.6. The first-order chi connectivity index (χ1) is 25.1. The highest BCUT2D eigenvalue weighted by molar-refractivity contribution is 7.91. The molecule has 5 aliphatic rings. The number of aryl methyl sites for hydroxylation is 1. The summed E-state index contributed by atoms with van der Waals surface area (Å²) in [6.07, 6.45) is 10.2. The van der Waals surface area contributed by atoms with Gasteiger partial charge in [-0.05, 0) is 74.1 Å². The lowest BCUT2D eigenvalue weighted by molar-refractivity contribution is -0.142. The Kier molecular flexibility index (Phi) is 10.5. The smallest absolute Gasteiger partial charge is 0.407 e. The molecular weight excluding hydrogens is 685 g/mol. The Bertz CT molecular complexity index is 1820. The summed E-state index contributed by atoms with van der Waals surface area (Å²) in [5.74, 6) is -1.69. The van der Waals surface area contributed by atoms with Crippen molar-refractivity contribution < 1.29 is 37.1 Å². The van der Waals surface area contributed by atoms with Crippen molar-refractivity contribution in [3.05, 3.63) is 54.6 Å². The lowest BCUT2D eigenvalue weighted by Crippen LogP contribution is -2.59. The van der Waals surface area contributed by atoms with Crippen molar-refractivity contribution in [3.63, 3.8) is 0 Å². The predicted molar refractivity (Wildman–Crippen MR) is 195 cm³/mol. The molecule has 280 valence electrons. The molecule has 0 radical (unpaired) electrons. The minimum atomic E-state index is -3.87. The van der Waals surface area contributed by atoms with Gasteiger partial charge in [0.1, 0.15) is 29.5 Å². The van der Waals surface area contributed by atoms with Crippen LogP contribution < -0.4 is 20.1 Å². The number of sulfonamides is 1. The second kappa shape index (κ2) is 15.1. The van der Waals surface area contributed by atoms with Crippen molar-refractivity contribution in [2.75, 3.05) is 13.2 Å². The van der Waals surface area contributed by atoms with Gasteiger partial charge >= 0.3 is 6.09 Å². The molecule has 12 nitrogen and oxygen atoms in total. The van der Waals surface area contributed by atoms with Crippen LogP contribution in [0.5, 0.6) is 5.75 Å². The molecule has 52 heavy (non-hydrogen) atoms. The lowest BCUT2D eigenvalue weighted by atomic mass is 9.83. The first-order valence-electron chi connectivity index (χ1n) is 19.0. The topological polar surface area (TPSA) is 160 Å². The summed E-state index contributed by atoms with van der Waals surface area (Å²) in [4.78, 5) is 57.2. The summed E-state index contributed by atoms with van der Waals surface area (Å²) < 4.78 is 39.9. The van der Waals surface area contributed by atoms with Gasteiger partial charge in [0, 0.05) is 17.9 Å². The Labute approximate surface area is 305 Å². The quantitative estimate of drug-likeness (QED) is 0.347. The number of fused-ring (bicyclic) bond motifs is 5. The normalized spacial score (nSPS) is 29.1. The molecule has 7 rings (SSSR count). The zero-order chi connectivity index (χ0) is 36.5. The summed E-state index contributed by atoms with van der Waals surface area (Å²) in [5, 5.41) is 7.31. The van der Waals surface area contributed by atoms with Crippen LogP contribution in [0.4, 0.5) is 4.79 Å². The van der Waals surface area contributed by atoms with Crippen LogP contribution in [0.2, 0.25) is 0 Å². The monoisotopic (exact) mass is 734 g/mol. The number of cyclic esters (lactones) is 1. The maximum absolute atomic E-state index is 14.7.